The number of amides is 16. The van der Waals surface area contributed by atoms with Crippen LogP contribution in [-0.4, -0.2) is 422 Å². The minimum Gasteiger partial charge on any atom is -0.391 e. The second-order valence-corrected chi connectivity index (χ2v) is 41.8. The highest BCUT2D eigenvalue weighted by molar-refractivity contribution is 6.28. The predicted octanol–water partition coefficient (Wildman–Crippen LogP) is -8.71. The summed E-state index contributed by atoms with van der Waals surface area (Å²) >= 11 is 0. The Morgan fingerprint density at radius 1 is 0.386 bits per heavy atom. The Hall–Kier alpha value is -11.2. The summed E-state index contributed by atoms with van der Waals surface area (Å²) in [6.45, 7) is 27.1. The summed E-state index contributed by atoms with van der Waals surface area (Å²) in [6.07, 6.45) is -5.95. The quantitative estimate of drug-likeness (QED) is 0.0242. The zero-order valence-electron chi connectivity index (χ0n) is 82.2. The molecule has 2 aliphatic carbocycles. The Morgan fingerprint density at radius 2 is 0.721 bits per heavy atom. The maximum atomic E-state index is 13.6. The molecule has 140 heavy (non-hydrogen) atoms. The molecule has 47 heteroatoms. The molecule has 14 rings (SSSR count). The number of aliphatic hydroxyl groups is 8. The molecule has 1 aromatic rings. The molecule has 13 fully saturated rings. The van der Waals surface area contributed by atoms with Crippen LogP contribution in [0.15, 0.2) is 30.3 Å². The molecular formula is C93H138N18O29. The number of likely N-dealkylation sites (tertiary alicyclic amines) is 11. The van der Waals surface area contributed by atoms with Crippen LogP contribution in [-0.2, 0) is 107 Å². The number of benzene rings is 1. The summed E-state index contributed by atoms with van der Waals surface area (Å²) in [5.74, 6) is -10.6. The highest BCUT2D eigenvalue weighted by Gasteiger charge is 2.78. The number of carbonyl (C=O) groups is 21. The van der Waals surface area contributed by atoms with E-state index in [0.29, 0.717) is 51.9 Å². The molecular weight excluding hydrogens is 1830 g/mol. The summed E-state index contributed by atoms with van der Waals surface area (Å²) in [5, 5.41) is 83.6. The fourth-order valence-electron chi connectivity index (χ4n) is 23.7. The second kappa shape index (κ2) is 41.1. The Balaban J connectivity index is 0.000000182. The first-order chi connectivity index (χ1) is 64.8. The van der Waals surface area contributed by atoms with E-state index in [1.54, 1.807) is 20.9 Å². The molecule has 16 amide bonds. The summed E-state index contributed by atoms with van der Waals surface area (Å²) in [6, 6.07) is 0.693. The van der Waals surface area contributed by atoms with Crippen LogP contribution in [0.4, 0.5) is 0 Å². The van der Waals surface area contributed by atoms with Crippen molar-refractivity contribution in [3.05, 3.63) is 35.9 Å². The third kappa shape index (κ3) is 19.5. The minimum atomic E-state index is -1.57. The van der Waals surface area contributed by atoms with Crippen LogP contribution in [0.2, 0.25) is 0 Å². The van der Waals surface area contributed by atoms with Gasteiger partial charge < -0.3 is 114 Å². The number of imide groups is 1. The summed E-state index contributed by atoms with van der Waals surface area (Å²) in [5.41, 5.74) is 19.5. The van der Waals surface area contributed by atoms with Gasteiger partial charge in [-0.15, -0.1) is 0 Å². The number of carbonyl (C=O) groups excluding carboxylic acids is 21. The third-order valence-corrected chi connectivity index (χ3v) is 30.4. The van der Waals surface area contributed by atoms with Crippen molar-refractivity contribution in [3.8, 4) is 0 Å². The number of β-lactam (4-membered cyclic amide) rings is 7. The van der Waals surface area contributed by atoms with Gasteiger partial charge in [0.25, 0.3) is 11.8 Å². The second-order valence-electron chi connectivity index (χ2n) is 41.8. The summed E-state index contributed by atoms with van der Waals surface area (Å²) < 4.78 is 0. The smallest absolute Gasteiger partial charge is 0.260 e. The van der Waals surface area contributed by atoms with Crippen molar-refractivity contribution in [1.82, 2.24) is 64.5 Å². The number of ketones is 5. The van der Waals surface area contributed by atoms with Gasteiger partial charge >= 0.3 is 0 Å². The number of hydrogen-bond donors (Lipinski definition) is 15. The van der Waals surface area contributed by atoms with Gasteiger partial charge in [-0.25, -0.2) is 0 Å². The Morgan fingerprint density at radius 3 is 1.00 bits per heavy atom. The molecule has 20 N–H and O–H groups in total. The fraction of sp³-hybridized carbons (Fsp3) is 0.710. The minimum absolute atomic E-state index is 0.0197. The molecule has 0 bridgehead atoms. The van der Waals surface area contributed by atoms with Gasteiger partial charge in [0.1, 0.15) is 70.5 Å². The molecule has 1 aromatic carbocycles. The molecule has 0 radical (unpaired) electrons. The Kier molecular flexibility index (Phi) is 32.5. The third-order valence-electron chi connectivity index (χ3n) is 30.4. The van der Waals surface area contributed by atoms with Gasteiger partial charge in [0.2, 0.25) is 82.7 Å². The number of primary amides is 5. The van der Waals surface area contributed by atoms with Crippen molar-refractivity contribution >= 4 is 123 Å². The number of aliphatic hydroxyl groups excluding tert-OH is 8. The zero-order valence-corrected chi connectivity index (χ0v) is 82.2. The average molecular weight is 1970 g/mol. The maximum Gasteiger partial charge on any atom is 0.260 e. The van der Waals surface area contributed by atoms with E-state index in [2.05, 4.69) is 10.6 Å². The van der Waals surface area contributed by atoms with E-state index < -0.39 is 218 Å². The molecule has 25 atom stereocenters. The van der Waals surface area contributed by atoms with Crippen LogP contribution in [0, 0.1) is 39.9 Å². The fourth-order valence-corrected chi connectivity index (χ4v) is 23.7. The molecule has 0 aromatic heterocycles. The largest absolute Gasteiger partial charge is 0.391 e. The van der Waals surface area contributed by atoms with Gasteiger partial charge in [0, 0.05) is 111 Å². The van der Waals surface area contributed by atoms with E-state index in [1.165, 1.54) is 122 Å². The van der Waals surface area contributed by atoms with E-state index >= 15 is 0 Å². The van der Waals surface area contributed by atoms with Crippen LogP contribution in [0.1, 0.15) is 174 Å². The van der Waals surface area contributed by atoms with Gasteiger partial charge in [-0.2, -0.15) is 0 Å². The lowest BCUT2D eigenvalue weighted by atomic mass is 9.69. The van der Waals surface area contributed by atoms with Crippen LogP contribution < -0.4 is 39.3 Å². The first-order valence-corrected chi connectivity index (χ1v) is 47.2. The molecule has 774 valence electrons. The van der Waals surface area contributed by atoms with Crippen molar-refractivity contribution in [2.45, 2.75) is 300 Å². The van der Waals surface area contributed by atoms with Crippen LogP contribution in [0.5, 0.6) is 0 Å². The molecule has 47 nitrogen and oxygen atoms in total. The van der Waals surface area contributed by atoms with E-state index in [9.17, 15) is 142 Å². The first kappa shape index (κ1) is 111. The van der Waals surface area contributed by atoms with Crippen LogP contribution >= 0.6 is 0 Å². The van der Waals surface area contributed by atoms with E-state index in [4.69, 9.17) is 28.7 Å². The van der Waals surface area contributed by atoms with Crippen molar-refractivity contribution in [1.29, 1.82) is 0 Å². The number of nitrogens with two attached hydrogens (primary N) is 5. The molecule has 8 spiro atoms. The lowest BCUT2D eigenvalue weighted by Crippen LogP contribution is -2.79. The number of Topliss-reactive ketones (excluding diaryl/α,β-unsaturated/α-hetero) is 5. The maximum absolute atomic E-state index is 13.6. The van der Waals surface area contributed by atoms with Gasteiger partial charge in [0.15, 0.2) is 34.5 Å². The monoisotopic (exact) mass is 1970 g/mol. The topological polar surface area (TPSA) is 710 Å². The molecule has 11 saturated heterocycles. The Labute approximate surface area is 809 Å². The van der Waals surface area contributed by atoms with Crippen molar-refractivity contribution < 1.29 is 142 Å². The molecule has 11 aliphatic heterocycles. The number of rotatable bonds is 31. The van der Waals surface area contributed by atoms with Gasteiger partial charge in [0.05, 0.1) is 76.9 Å². The summed E-state index contributed by atoms with van der Waals surface area (Å²) in [7, 11) is 1.54. The molecule has 13 aliphatic rings. The lowest BCUT2D eigenvalue weighted by Gasteiger charge is -2.55. The number of likely N-dealkylation sites (N-methyl/N-ethyl adjacent to an activating group) is 1. The van der Waals surface area contributed by atoms with E-state index in [1.807, 2.05) is 54.0 Å². The number of nitrogens with zero attached hydrogens (tertiary/aromatic N) is 11. The zero-order chi connectivity index (χ0) is 105. The SMILES string of the molecule is CC(=O)N1CC(C(=O)N[C@H](C(N)=O)[C@@H](C)O)CC12CCC2=O.CC(=O)[C@H]([C@@H](C)O)N1C(=O)C2(CC3(CN([C@H](C(N)=O)[C@@H](C)O)C3=O)CN2C)C1=O.CC(=O)[C@H]([C@@H](C)O)N1CC2(CC3(CN([C@H](C(N)=O)[C@@H](C)O)C3=O)CN2CC(C)C)C1=O.CC(=O)[C@H]([C@@H](C)O)N1CC2(CC3(CN([C@H](C(N)=O)[C@@H](C)O)C3=O)CN2Cc2ccccc2)C1=O.CC(C)C(=O)N1CC(C(=O)N[C@H](C(N)=O)[C@@H](C)O)CC12CCC2=O. The average Bonchev–Trinajstić information content (AvgIpc) is 1.51. The summed E-state index contributed by atoms with van der Waals surface area (Å²) in [4.78, 5) is 275. The van der Waals surface area contributed by atoms with Crippen LogP contribution in [0.25, 0.3) is 0 Å². The van der Waals surface area contributed by atoms with Gasteiger partial charge in [-0.05, 0) is 133 Å². The van der Waals surface area contributed by atoms with Crippen LogP contribution in [0.3, 0.4) is 0 Å². The van der Waals surface area contributed by atoms with Crippen molar-refractivity contribution in [2.24, 2.45) is 68.6 Å². The molecule has 2 saturated carbocycles. The predicted molar refractivity (Wildman–Crippen MR) is 488 cm³/mol. The Bertz CT molecular complexity index is 5130. The van der Waals surface area contributed by atoms with Gasteiger partial charge in [-0.3, -0.25) is 120 Å². The van der Waals surface area contributed by atoms with E-state index in [0.717, 1.165) is 10.5 Å². The van der Waals surface area contributed by atoms with Crippen molar-refractivity contribution in [2.75, 3.05) is 79.0 Å². The lowest BCUT2D eigenvalue weighted by molar-refractivity contribution is -0.185. The normalized spacial score (nSPS) is 30.3. The van der Waals surface area contributed by atoms with E-state index in [-0.39, 0.29) is 155 Å². The van der Waals surface area contributed by atoms with Gasteiger partial charge in [-0.1, -0.05) is 58.0 Å². The standard InChI is InChI=1S/C24H32N4O6.C21H34N4O6.C18H26N4O7.C16H25N3O5.C14H21N3O5/c1-14(29)18(15(2)30)28-13-24(22(28)34)10-23(11-26(24)9-17-7-5-4-6-8-17)12-27(21(23)33)19(16(3)31)20(25)32;1-11(2)6-23-8-20(9-24(18(20)30)16(14(5)28)17(22)29)7-21(23)10-25(19(21)31)15(12(3)26)13(4)27;1-8(23)11(9(2)24)22-15(28)18(16(22)29)5-17(6-20(18)4)7-21(14(17)27)12(10(3)25)13(19)26;1-8(2)15(24)19-7-10(6-16(19)5-4-11(16)21)14(23)18-12(9(3)20)13(17)22;1-7(18)11(12(15)21)16-13(22)9-5-14(4-3-10(14)20)17(6-9)8(2)19/h4-8,14,16,18-19,29,31H,9-13H2,1-3H3,(H2,25,32);11-12,14-16,26,28H,6-10H2,1-5H3,(H2,22,29);8,10-12,23,25H,5-7H2,1-4H3,(H2,19,26);8-10,12,20H,4-7H2,1-3H3,(H2,17,22)(H,18,23);7,9,11,18H,3-6H2,1-2H3,(H2,15,21)(H,16,22)/t14-,16-,18+,19+,23?,24?;12-,14-,15+,16+,20?,21?;8-,10-,11+,12+,17?;9-,10?,12+,16?;7-,9?,11+,14?/m11111/s1. The molecule has 9 unspecified atom stereocenters. The highest BCUT2D eigenvalue weighted by Crippen LogP contribution is 2.58. The molecule has 11 heterocycles. The number of hydrogen-bond acceptors (Lipinski definition) is 32. The highest BCUT2D eigenvalue weighted by atomic mass is 16.3. The van der Waals surface area contributed by atoms with Crippen molar-refractivity contribution in [3.63, 3.8) is 0 Å². The number of nitrogens with one attached hydrogen (secondary N) is 2. The first-order valence-electron chi connectivity index (χ1n) is 47.2.